The van der Waals surface area contributed by atoms with Crippen LogP contribution in [0.25, 0.3) is 177 Å². The summed E-state index contributed by atoms with van der Waals surface area (Å²) in [4.78, 5) is 12.6. The van der Waals surface area contributed by atoms with Crippen molar-refractivity contribution in [1.82, 2.24) is 28.2 Å². The number of hydrogen-bond donors (Lipinski definition) is 0. The minimum absolute atomic E-state index is 0.0911. The molecule has 0 fully saturated rings. The fourth-order valence-corrected chi connectivity index (χ4v) is 18.4. The summed E-state index contributed by atoms with van der Waals surface area (Å²) in [5.41, 5.74) is 25.0. The Bertz CT molecular complexity index is 8450. The summed E-state index contributed by atoms with van der Waals surface area (Å²) in [5, 5.41) is 9.10. The monoisotopic (exact) mass is 1670 g/mol. The number of fused-ring (bicyclic) bond motifs is 12. The molecule has 0 amide bonds. The van der Waals surface area contributed by atoms with Gasteiger partial charge in [0.15, 0.2) is 0 Å². The minimum atomic E-state index is -1.39. The molecular formula is C118H77F3N8. The van der Waals surface area contributed by atoms with Crippen molar-refractivity contribution in [2.75, 3.05) is 9.80 Å². The summed E-state index contributed by atoms with van der Waals surface area (Å²) in [5.74, 6) is -1.54. The molecule has 0 unspecified atom stereocenters. The molecule has 11 heteroatoms. The highest BCUT2D eigenvalue weighted by atomic mass is 19.1. The molecule has 129 heavy (non-hydrogen) atoms. The Labute approximate surface area is 755 Å². The first-order valence-corrected chi connectivity index (χ1v) is 42.5. The fourth-order valence-electron chi connectivity index (χ4n) is 18.4. The average molecular weight is 1670 g/mol. The zero-order chi connectivity index (χ0) is 93.8. The highest BCUT2D eigenvalue weighted by Crippen LogP contribution is 2.46. The Balaban J connectivity index is 0.000000156. The van der Waals surface area contributed by atoms with Crippen LogP contribution in [0.5, 0.6) is 0 Å². The van der Waals surface area contributed by atoms with E-state index in [4.69, 9.17) is 22.3 Å². The van der Waals surface area contributed by atoms with Crippen LogP contribution in [-0.4, -0.2) is 28.2 Å². The van der Waals surface area contributed by atoms with Crippen LogP contribution >= 0.6 is 0 Å². The Morgan fingerprint density at radius 1 is 0.194 bits per heavy atom. The molecule has 0 N–H and O–H groups in total. The molecule has 0 saturated carbocycles. The summed E-state index contributed by atoms with van der Waals surface area (Å²) >= 11 is 0. The van der Waals surface area contributed by atoms with Crippen molar-refractivity contribution < 1.29 is 25.5 Å². The predicted molar refractivity (Wildman–Crippen MR) is 528 cm³/mol. The lowest BCUT2D eigenvalue weighted by molar-refractivity contribution is 0.627. The number of hydrogen-bond acceptors (Lipinski definition) is 4. The Morgan fingerprint density at radius 2 is 0.450 bits per heavy atom. The topological polar surface area (TPSA) is 52.0 Å². The maximum Gasteiger partial charge on any atom is 0.137 e. The van der Waals surface area contributed by atoms with Gasteiger partial charge >= 0.3 is 0 Å². The lowest BCUT2D eigenvalue weighted by Gasteiger charge is -2.24. The molecule has 0 aliphatic rings. The lowest BCUT2D eigenvalue weighted by atomic mass is 9.92. The fraction of sp³-hybridized carbons (Fsp3) is 0. The van der Waals surface area contributed by atoms with E-state index in [1.54, 1.807) is 36.5 Å². The zero-order valence-corrected chi connectivity index (χ0v) is 69.0. The van der Waals surface area contributed by atoms with Gasteiger partial charge in [-0.15, -0.1) is 0 Å². The van der Waals surface area contributed by atoms with Crippen LogP contribution in [0.4, 0.5) is 47.6 Å². The molecule has 0 bridgehead atoms. The SMILES string of the molecule is Fc1ccc(N(c2ccc(F)cc2)c2ccc(-c3cc(-c4ccc5c(c4)c4ccccc4n5-c4ccccc4)cc(-c4ccc5c(c4)c4ccccc4n5-c4ccccc4)c3)cn2)cc1.[2H]c1c([2H])c([2H])c(N(c2ccc(-c3cc(-c4ccc5c(c4)c4ccccc4n5-c4ccccc4)cc(-c4ccc5c(c4)c4ccccc4n5-c4ccccc4)c3)cn2)c2c([2H])c([2H])c(F)c([2H])c2[2H])c([2H])c1[2H]. The van der Waals surface area contributed by atoms with E-state index < -0.39 is 71.6 Å². The van der Waals surface area contributed by atoms with E-state index in [-0.39, 0.29) is 17.5 Å². The first-order valence-electron chi connectivity index (χ1n) is 47.0. The third-order valence-electron chi connectivity index (χ3n) is 24.3. The molecule has 0 spiro atoms. The first-order chi connectivity index (χ1) is 67.4. The molecule has 0 aliphatic carbocycles. The zero-order valence-electron chi connectivity index (χ0n) is 78.0. The predicted octanol–water partition coefficient (Wildman–Crippen LogP) is 31.9. The van der Waals surface area contributed by atoms with Gasteiger partial charge in [0.2, 0.25) is 0 Å². The van der Waals surface area contributed by atoms with E-state index >= 15 is 4.39 Å². The summed E-state index contributed by atoms with van der Waals surface area (Å²) in [7, 11) is 0. The van der Waals surface area contributed by atoms with Gasteiger partial charge in [0.25, 0.3) is 0 Å². The second-order valence-corrected chi connectivity index (χ2v) is 31.8. The van der Waals surface area contributed by atoms with Crippen LogP contribution in [0, 0.1) is 17.5 Å². The second kappa shape index (κ2) is 32.5. The van der Waals surface area contributed by atoms with Crippen molar-refractivity contribution in [2.45, 2.75) is 0 Å². The largest absolute Gasteiger partial charge is 0.309 e. The first kappa shape index (κ1) is 67.4. The van der Waals surface area contributed by atoms with E-state index in [0.29, 0.717) is 22.8 Å². The van der Waals surface area contributed by atoms with Crippen molar-refractivity contribution in [3.8, 4) is 89.5 Å². The molecule has 0 atom stereocenters. The molecule has 6 heterocycles. The van der Waals surface area contributed by atoms with Crippen LogP contribution in [0.15, 0.2) is 467 Å². The van der Waals surface area contributed by atoms with Gasteiger partial charge in [-0.1, -0.05) is 188 Å². The van der Waals surface area contributed by atoms with Crippen LogP contribution < -0.4 is 9.80 Å². The average Bonchev–Trinajstić information content (AvgIpc) is 1.61. The number of halogens is 3. The number of anilines is 6. The third kappa shape index (κ3) is 14.1. The van der Waals surface area contributed by atoms with Gasteiger partial charge in [0.05, 0.1) is 56.5 Å². The standard InChI is InChI=1S/C59H38F2N4.C59H39FN4/c60-45-22-26-49(27-23-45)63(50-28-24-46(61)25-29-50)59-32-21-41(38-62-59)44-34-42(39-19-30-57-53(36-39)51-15-7-9-17-55(51)64(57)47-11-3-1-4-12-47)33-43(35-44)40-20-31-58-54(37-40)52-16-8-10-18-56(52)65(58)48-13-5-2-6-14-48;60-46-27-29-50(30-28-46)62(47-14-4-1-5-15-47)59-33-26-42(39-61-59)45-35-43(40-24-31-57-53(37-40)51-20-10-12-22-55(51)63(57)48-16-6-2-7-17-48)34-44(36-45)41-25-32-58-54(38-41)52-21-11-13-23-56(52)64(58)49-18-8-3-9-19-49/h1-38H;1-39H/i;1D,4D,5D,14D,15D,27D,28D,29D,30D. The maximum atomic E-state index is 15.0. The molecule has 0 saturated heterocycles. The van der Waals surface area contributed by atoms with Crippen molar-refractivity contribution in [3.63, 3.8) is 0 Å². The summed E-state index contributed by atoms with van der Waals surface area (Å²) in [6.45, 7) is 0. The number of nitrogens with zero attached hydrogens (tertiary/aromatic N) is 8. The quantitative estimate of drug-likeness (QED) is 0.0967. The van der Waals surface area contributed by atoms with Gasteiger partial charge < -0.3 is 18.3 Å². The van der Waals surface area contributed by atoms with Crippen molar-refractivity contribution >= 4 is 122 Å². The number of para-hydroxylation sites is 9. The van der Waals surface area contributed by atoms with E-state index in [1.165, 1.54) is 51.9 Å². The summed E-state index contributed by atoms with van der Waals surface area (Å²) in [6.07, 6.45) is 3.43. The van der Waals surface area contributed by atoms with Crippen LogP contribution in [-0.2, 0) is 0 Å². The van der Waals surface area contributed by atoms with Crippen LogP contribution in [0.2, 0.25) is 0 Å². The van der Waals surface area contributed by atoms with Crippen molar-refractivity contribution in [3.05, 3.63) is 485 Å². The maximum absolute atomic E-state index is 15.0. The summed E-state index contributed by atoms with van der Waals surface area (Å²) in [6, 6.07) is 128. The summed E-state index contributed by atoms with van der Waals surface area (Å²) < 4.78 is 130. The Kier molecular flexibility index (Phi) is 17.0. The van der Waals surface area contributed by atoms with E-state index in [0.717, 1.165) is 155 Å². The van der Waals surface area contributed by atoms with Crippen LogP contribution in [0.3, 0.4) is 0 Å². The smallest absolute Gasteiger partial charge is 0.137 e. The van der Waals surface area contributed by atoms with Crippen molar-refractivity contribution in [2.24, 2.45) is 0 Å². The minimum Gasteiger partial charge on any atom is -0.309 e. The molecule has 610 valence electrons. The molecule has 6 aromatic heterocycles. The number of rotatable bonds is 16. The second-order valence-electron chi connectivity index (χ2n) is 31.8. The molecule has 24 aromatic rings. The molecule has 8 nitrogen and oxygen atoms in total. The normalized spacial score (nSPS) is 12.5. The molecule has 0 aliphatic heterocycles. The number of benzene rings is 18. The highest BCUT2D eigenvalue weighted by Gasteiger charge is 2.24. The van der Waals surface area contributed by atoms with Gasteiger partial charge in [-0.05, 0) is 322 Å². The van der Waals surface area contributed by atoms with E-state index in [9.17, 15) is 8.78 Å². The highest BCUT2D eigenvalue weighted by molar-refractivity contribution is 6.15. The van der Waals surface area contributed by atoms with Gasteiger partial charge in [-0.2, -0.15) is 0 Å². The number of aromatic nitrogens is 6. The third-order valence-corrected chi connectivity index (χ3v) is 24.3. The molecule has 24 rings (SSSR count). The van der Waals surface area contributed by atoms with Gasteiger partial charge in [0, 0.05) is 112 Å². The molecule has 18 aromatic carbocycles. The van der Waals surface area contributed by atoms with E-state index in [2.05, 4.69) is 291 Å². The van der Waals surface area contributed by atoms with Crippen LogP contribution in [0.1, 0.15) is 12.3 Å². The van der Waals surface area contributed by atoms with E-state index in [1.807, 2.05) is 77.8 Å². The lowest BCUT2D eigenvalue weighted by Crippen LogP contribution is -2.11. The van der Waals surface area contributed by atoms with Gasteiger partial charge in [0.1, 0.15) is 29.1 Å². The Hall–Kier alpha value is -17.2. The number of pyridine rings is 2. The van der Waals surface area contributed by atoms with Gasteiger partial charge in [-0.25, -0.2) is 23.1 Å². The molecular weight excluding hydrogens is 1590 g/mol. The van der Waals surface area contributed by atoms with Crippen molar-refractivity contribution in [1.29, 1.82) is 0 Å². The molecule has 0 radical (unpaired) electrons. The van der Waals surface area contributed by atoms with Gasteiger partial charge in [-0.3, -0.25) is 9.80 Å². The Morgan fingerprint density at radius 3 is 0.744 bits per heavy atom.